The molecule has 410 valence electrons. The lowest BCUT2D eigenvalue weighted by Crippen LogP contribution is -2.12. The third kappa shape index (κ3) is 30.6. The summed E-state index contributed by atoms with van der Waals surface area (Å²) in [6.45, 7) is 8.90. The first-order valence-corrected chi connectivity index (χ1v) is 28.2. The third-order valence-corrected chi connectivity index (χ3v) is 13.0. The fourth-order valence-electron chi connectivity index (χ4n) is 8.59. The van der Waals surface area contributed by atoms with Gasteiger partial charge in [0.15, 0.2) is 11.6 Å². The van der Waals surface area contributed by atoms with E-state index in [1.807, 2.05) is 0 Å². The zero-order valence-electron chi connectivity index (χ0n) is 44.6. The van der Waals surface area contributed by atoms with Crippen LogP contribution in [0.4, 0.5) is 8.78 Å². The van der Waals surface area contributed by atoms with Gasteiger partial charge in [-0.25, -0.2) is 28.0 Å². The number of carbonyl (C=O) groups excluding carboxylic acids is 4. The molecule has 74 heavy (non-hydrogen) atoms. The molecule has 3 aromatic carbocycles. The maximum Gasteiger partial charge on any atom is 0.343 e. The molecule has 0 aliphatic heterocycles. The van der Waals surface area contributed by atoms with Crippen LogP contribution in [0.5, 0.6) is 23.0 Å². The molecule has 0 saturated heterocycles. The van der Waals surface area contributed by atoms with E-state index in [2.05, 4.69) is 13.2 Å². The minimum atomic E-state index is -1.19. The van der Waals surface area contributed by atoms with Crippen LogP contribution in [0.3, 0.4) is 0 Å². The summed E-state index contributed by atoms with van der Waals surface area (Å²) in [6.07, 6.45) is 40.9. The smallest absolute Gasteiger partial charge is 0.343 e. The standard InChI is InChI=1S/C62H88F2O10/c1-3-58(65)71-47-35-31-27-23-19-15-11-7-5-9-13-17-21-25-29-33-45-69-53-41-37-51(38-42-53)61(67)73-55-49-56(63)60(57(64)50-55)74-62(68)52-39-43-54(44-40-52)70-46-34-30-26-22-18-14-10-6-8-12-16-20-24-28-32-36-48-72-59(66)4-2/h3-4,37-44,49-50H,1-2,5-36,45-48H2. The minimum Gasteiger partial charge on any atom is -0.494 e. The van der Waals surface area contributed by atoms with Crippen LogP contribution in [0, 0.1) is 11.6 Å². The van der Waals surface area contributed by atoms with E-state index in [1.54, 1.807) is 24.3 Å². The quantitative estimate of drug-likeness (QED) is 0.0234. The Labute approximate surface area is 442 Å². The molecule has 0 amide bonds. The molecule has 10 nitrogen and oxygen atoms in total. The Bertz CT molecular complexity index is 1980. The van der Waals surface area contributed by atoms with Crippen molar-refractivity contribution < 1.29 is 56.4 Å². The minimum absolute atomic E-state index is 0.0932. The maximum absolute atomic E-state index is 15.0. The first-order chi connectivity index (χ1) is 36.2. The highest BCUT2D eigenvalue weighted by Gasteiger charge is 2.20. The van der Waals surface area contributed by atoms with Gasteiger partial charge in [0.2, 0.25) is 5.75 Å². The average Bonchev–Trinajstić information content (AvgIpc) is 3.40. The number of unbranched alkanes of at least 4 members (excludes halogenated alkanes) is 30. The van der Waals surface area contributed by atoms with Gasteiger partial charge in [0, 0.05) is 24.3 Å². The van der Waals surface area contributed by atoms with Crippen LogP contribution in [0.2, 0.25) is 0 Å². The lowest BCUT2D eigenvalue weighted by atomic mass is 10.0. The second-order valence-electron chi connectivity index (χ2n) is 19.3. The molecule has 0 spiro atoms. The molecule has 0 aliphatic rings. The summed E-state index contributed by atoms with van der Waals surface area (Å²) in [5.74, 6) is -4.88. The monoisotopic (exact) mass is 1030 g/mol. The number of benzene rings is 3. The average molecular weight is 1030 g/mol. The zero-order valence-corrected chi connectivity index (χ0v) is 44.6. The van der Waals surface area contributed by atoms with Crippen molar-refractivity contribution >= 4 is 23.9 Å². The van der Waals surface area contributed by atoms with Crippen molar-refractivity contribution in [3.05, 3.63) is 109 Å². The highest BCUT2D eigenvalue weighted by molar-refractivity contribution is 5.92. The van der Waals surface area contributed by atoms with E-state index in [1.165, 1.54) is 191 Å². The molecule has 0 aliphatic carbocycles. The lowest BCUT2D eigenvalue weighted by Gasteiger charge is -2.11. The number of ether oxygens (including phenoxy) is 6. The Morgan fingerprint density at radius 2 is 0.608 bits per heavy atom. The Kier molecular flexibility index (Phi) is 35.4. The third-order valence-electron chi connectivity index (χ3n) is 13.0. The molecular formula is C62H88F2O10. The van der Waals surface area contributed by atoms with E-state index in [4.69, 9.17) is 28.4 Å². The van der Waals surface area contributed by atoms with Gasteiger partial charge >= 0.3 is 23.9 Å². The summed E-state index contributed by atoms with van der Waals surface area (Å²) in [7, 11) is 0. The Balaban J connectivity index is 1.16. The zero-order chi connectivity index (χ0) is 53.1. The van der Waals surface area contributed by atoms with Crippen LogP contribution >= 0.6 is 0 Å². The van der Waals surface area contributed by atoms with Gasteiger partial charge < -0.3 is 28.4 Å². The van der Waals surface area contributed by atoms with Gasteiger partial charge in [-0.3, -0.25) is 0 Å². The van der Waals surface area contributed by atoms with Crippen molar-refractivity contribution in [1.29, 1.82) is 0 Å². The number of rotatable bonds is 46. The fourth-order valence-corrected chi connectivity index (χ4v) is 8.59. The summed E-state index contributed by atoms with van der Waals surface area (Å²) >= 11 is 0. The molecule has 0 saturated carbocycles. The first kappa shape index (κ1) is 62.8. The van der Waals surface area contributed by atoms with Gasteiger partial charge in [0.05, 0.1) is 37.6 Å². The molecule has 0 heterocycles. The van der Waals surface area contributed by atoms with Crippen LogP contribution in [0.25, 0.3) is 0 Å². The van der Waals surface area contributed by atoms with E-state index in [0.29, 0.717) is 37.9 Å². The summed E-state index contributed by atoms with van der Waals surface area (Å²) < 4.78 is 62.0. The molecule has 3 aromatic rings. The van der Waals surface area contributed by atoms with Crippen LogP contribution in [0.1, 0.15) is 226 Å². The second kappa shape index (κ2) is 41.8. The second-order valence-corrected chi connectivity index (χ2v) is 19.3. The molecule has 0 fully saturated rings. The summed E-state index contributed by atoms with van der Waals surface area (Å²) in [6, 6.07) is 14.2. The van der Waals surface area contributed by atoms with E-state index in [9.17, 15) is 19.2 Å². The van der Waals surface area contributed by atoms with E-state index < -0.39 is 29.3 Å². The van der Waals surface area contributed by atoms with Gasteiger partial charge in [-0.15, -0.1) is 0 Å². The van der Waals surface area contributed by atoms with Crippen molar-refractivity contribution in [3.8, 4) is 23.0 Å². The van der Waals surface area contributed by atoms with Gasteiger partial charge in [-0.05, 0) is 74.2 Å². The van der Waals surface area contributed by atoms with E-state index in [-0.39, 0.29) is 28.8 Å². The number of carbonyl (C=O) groups is 4. The van der Waals surface area contributed by atoms with Crippen molar-refractivity contribution in [2.45, 2.75) is 205 Å². The molecular weight excluding hydrogens is 943 g/mol. The molecule has 12 heteroatoms. The van der Waals surface area contributed by atoms with Gasteiger partial charge in [-0.1, -0.05) is 193 Å². The molecule has 0 radical (unpaired) electrons. The van der Waals surface area contributed by atoms with Crippen LogP contribution in [0.15, 0.2) is 86.0 Å². The Morgan fingerprint density at radius 1 is 0.351 bits per heavy atom. The normalized spacial score (nSPS) is 10.9. The summed E-state index contributed by atoms with van der Waals surface area (Å²) in [5, 5.41) is 0. The summed E-state index contributed by atoms with van der Waals surface area (Å²) in [4.78, 5) is 47.6. The number of esters is 4. The number of hydrogen-bond donors (Lipinski definition) is 0. The molecule has 0 bridgehead atoms. The number of halogens is 2. The van der Waals surface area contributed by atoms with Gasteiger partial charge in [0.25, 0.3) is 0 Å². The van der Waals surface area contributed by atoms with Gasteiger partial charge in [-0.2, -0.15) is 0 Å². The molecule has 0 atom stereocenters. The van der Waals surface area contributed by atoms with Crippen molar-refractivity contribution in [2.75, 3.05) is 26.4 Å². The van der Waals surface area contributed by atoms with Crippen LogP contribution in [-0.2, 0) is 19.1 Å². The molecule has 3 rings (SSSR count). The van der Waals surface area contributed by atoms with Crippen molar-refractivity contribution in [3.63, 3.8) is 0 Å². The number of hydrogen-bond acceptors (Lipinski definition) is 10. The first-order valence-electron chi connectivity index (χ1n) is 28.2. The largest absolute Gasteiger partial charge is 0.494 e. The van der Waals surface area contributed by atoms with Crippen LogP contribution in [-0.4, -0.2) is 50.3 Å². The topological polar surface area (TPSA) is 124 Å². The van der Waals surface area contributed by atoms with E-state index in [0.717, 1.165) is 63.5 Å². The molecule has 0 aromatic heterocycles. The maximum atomic E-state index is 15.0. The van der Waals surface area contributed by atoms with Crippen LogP contribution < -0.4 is 18.9 Å². The van der Waals surface area contributed by atoms with Crippen molar-refractivity contribution in [1.82, 2.24) is 0 Å². The predicted molar refractivity (Wildman–Crippen MR) is 290 cm³/mol. The van der Waals surface area contributed by atoms with Crippen molar-refractivity contribution in [2.24, 2.45) is 0 Å². The molecule has 0 N–H and O–H groups in total. The fraction of sp³-hybridized carbons (Fsp3) is 0.581. The highest BCUT2D eigenvalue weighted by atomic mass is 19.1. The SMILES string of the molecule is C=CC(=O)OCCCCCCCCCCCCCCCCCCOc1ccc(C(=O)Oc2cc(F)c(OC(=O)c3ccc(OCCCCCCCCCCCCCCCCCCOC(=O)C=C)cc3)c(F)c2)cc1. The highest BCUT2D eigenvalue weighted by Crippen LogP contribution is 2.29. The Morgan fingerprint density at radius 3 is 0.892 bits per heavy atom. The summed E-state index contributed by atoms with van der Waals surface area (Å²) in [5.41, 5.74) is 0.272. The van der Waals surface area contributed by atoms with E-state index >= 15 is 8.78 Å². The Hall–Kier alpha value is -5.52. The predicted octanol–water partition coefficient (Wildman–Crippen LogP) is 17.1. The van der Waals surface area contributed by atoms with Gasteiger partial charge in [0.1, 0.15) is 17.2 Å². The lowest BCUT2D eigenvalue weighted by molar-refractivity contribution is -0.138. The molecule has 0 unspecified atom stereocenters.